The maximum Gasteiger partial charge on any atom is 0.0589 e. The van der Waals surface area contributed by atoms with Crippen LogP contribution in [0.3, 0.4) is 0 Å². The van der Waals surface area contributed by atoms with Crippen LogP contribution >= 0.6 is 0 Å². The fourth-order valence-electron chi connectivity index (χ4n) is 1.80. The van der Waals surface area contributed by atoms with Gasteiger partial charge < -0.3 is 10.5 Å². The Morgan fingerprint density at radius 1 is 1.53 bits per heavy atom. The van der Waals surface area contributed by atoms with Gasteiger partial charge in [0.2, 0.25) is 0 Å². The van der Waals surface area contributed by atoms with Gasteiger partial charge in [-0.2, -0.15) is 5.10 Å². The molecule has 0 saturated heterocycles. The van der Waals surface area contributed by atoms with Gasteiger partial charge in [0.05, 0.1) is 12.3 Å². The molecule has 0 aromatic carbocycles. The number of methoxy groups -OCH3 is 1. The van der Waals surface area contributed by atoms with Crippen molar-refractivity contribution in [3.8, 4) is 0 Å². The number of hydrogen-bond acceptors (Lipinski definition) is 4. The van der Waals surface area contributed by atoms with Crippen LogP contribution in [0.15, 0.2) is 12.3 Å². The molecule has 0 fully saturated rings. The van der Waals surface area contributed by atoms with Gasteiger partial charge in [0, 0.05) is 45.5 Å². The Morgan fingerprint density at radius 2 is 2.24 bits per heavy atom. The predicted octanol–water partition coefficient (Wildman–Crippen LogP) is 0.606. The highest BCUT2D eigenvalue weighted by atomic mass is 16.5. The van der Waals surface area contributed by atoms with E-state index in [9.17, 15) is 0 Å². The van der Waals surface area contributed by atoms with Crippen LogP contribution in [-0.2, 0) is 18.3 Å². The topological polar surface area (TPSA) is 56.3 Å². The van der Waals surface area contributed by atoms with Gasteiger partial charge in [-0.3, -0.25) is 9.58 Å². The molecule has 0 bridgehead atoms. The summed E-state index contributed by atoms with van der Waals surface area (Å²) >= 11 is 0. The van der Waals surface area contributed by atoms with Gasteiger partial charge >= 0.3 is 0 Å². The summed E-state index contributed by atoms with van der Waals surface area (Å²) in [4.78, 5) is 2.29. The summed E-state index contributed by atoms with van der Waals surface area (Å²) in [6, 6.07) is 2.03. The number of aryl methyl sites for hydroxylation is 1. The van der Waals surface area contributed by atoms with Crippen molar-refractivity contribution in [3.05, 3.63) is 18.0 Å². The lowest BCUT2D eigenvalue weighted by molar-refractivity contribution is 0.129. The van der Waals surface area contributed by atoms with Crippen LogP contribution in [0.2, 0.25) is 0 Å². The maximum atomic E-state index is 6.07. The van der Waals surface area contributed by atoms with E-state index in [2.05, 4.69) is 10.00 Å². The fraction of sp³-hybridized carbons (Fsp3) is 0.750. The largest absolute Gasteiger partial charge is 0.383 e. The molecule has 0 unspecified atom stereocenters. The third-order valence-electron chi connectivity index (χ3n) is 2.55. The molecule has 1 rings (SSSR count). The molecule has 0 aliphatic carbocycles. The molecule has 0 spiro atoms. The van der Waals surface area contributed by atoms with Crippen molar-refractivity contribution in [3.63, 3.8) is 0 Å². The summed E-state index contributed by atoms with van der Waals surface area (Å²) in [5, 5.41) is 4.17. The molecule has 2 N–H and O–H groups in total. The first kappa shape index (κ1) is 14.2. The van der Waals surface area contributed by atoms with E-state index in [1.165, 1.54) is 5.69 Å². The first-order valence-corrected chi connectivity index (χ1v) is 5.89. The van der Waals surface area contributed by atoms with Crippen molar-refractivity contribution >= 4 is 0 Å². The molecule has 1 heterocycles. The summed E-state index contributed by atoms with van der Waals surface area (Å²) in [7, 11) is 3.67. The van der Waals surface area contributed by atoms with E-state index in [-0.39, 0.29) is 5.54 Å². The Morgan fingerprint density at radius 3 is 2.71 bits per heavy atom. The third kappa shape index (κ3) is 5.30. The molecule has 1 aromatic heterocycles. The average molecular weight is 240 g/mol. The Bertz CT molecular complexity index is 329. The summed E-state index contributed by atoms with van der Waals surface area (Å²) in [6.45, 7) is 7.35. The van der Waals surface area contributed by atoms with E-state index in [1.54, 1.807) is 7.11 Å². The van der Waals surface area contributed by atoms with Gasteiger partial charge in [0.25, 0.3) is 0 Å². The number of rotatable bonds is 7. The zero-order valence-corrected chi connectivity index (χ0v) is 11.3. The first-order chi connectivity index (χ1) is 7.92. The summed E-state index contributed by atoms with van der Waals surface area (Å²) < 4.78 is 7.02. The molecule has 0 radical (unpaired) electrons. The summed E-state index contributed by atoms with van der Waals surface area (Å²) in [5.41, 5.74) is 7.05. The second-order valence-corrected chi connectivity index (χ2v) is 5.14. The van der Waals surface area contributed by atoms with Crippen LogP contribution < -0.4 is 5.73 Å². The van der Waals surface area contributed by atoms with E-state index in [1.807, 2.05) is 37.8 Å². The molecule has 17 heavy (non-hydrogen) atoms. The fourth-order valence-corrected chi connectivity index (χ4v) is 1.80. The molecule has 0 aliphatic rings. The van der Waals surface area contributed by atoms with Gasteiger partial charge in [-0.15, -0.1) is 0 Å². The lowest BCUT2D eigenvalue weighted by atomic mass is 10.1. The molecule has 98 valence electrons. The van der Waals surface area contributed by atoms with E-state index in [0.29, 0.717) is 6.61 Å². The minimum atomic E-state index is -0.202. The van der Waals surface area contributed by atoms with Crippen molar-refractivity contribution < 1.29 is 4.74 Å². The van der Waals surface area contributed by atoms with Gasteiger partial charge in [-0.1, -0.05) is 0 Å². The van der Waals surface area contributed by atoms with Crippen LogP contribution in [0.5, 0.6) is 0 Å². The van der Waals surface area contributed by atoms with Crippen molar-refractivity contribution in [2.45, 2.75) is 25.9 Å². The van der Waals surface area contributed by atoms with Crippen LogP contribution in [0.25, 0.3) is 0 Å². The van der Waals surface area contributed by atoms with Crippen LogP contribution in [0, 0.1) is 0 Å². The molecular formula is C12H24N4O. The van der Waals surface area contributed by atoms with E-state index < -0.39 is 0 Å². The minimum absolute atomic E-state index is 0.202. The number of nitrogens with two attached hydrogens (primary N) is 1. The predicted molar refractivity (Wildman–Crippen MR) is 68.6 cm³/mol. The molecule has 0 atom stereocenters. The number of hydrogen-bond donors (Lipinski definition) is 1. The molecular weight excluding hydrogens is 216 g/mol. The Kier molecular flexibility index (Phi) is 5.11. The lowest BCUT2D eigenvalue weighted by Crippen LogP contribution is -2.46. The van der Waals surface area contributed by atoms with Crippen LogP contribution in [0.1, 0.15) is 19.5 Å². The van der Waals surface area contributed by atoms with Crippen molar-refractivity contribution in [1.29, 1.82) is 0 Å². The molecule has 0 amide bonds. The highest BCUT2D eigenvalue weighted by molar-refractivity contribution is 5.00. The maximum absolute atomic E-state index is 6.07. The van der Waals surface area contributed by atoms with Gasteiger partial charge in [0.15, 0.2) is 0 Å². The second kappa shape index (κ2) is 6.14. The Balaban J connectivity index is 2.60. The van der Waals surface area contributed by atoms with E-state index >= 15 is 0 Å². The molecule has 0 saturated carbocycles. The van der Waals surface area contributed by atoms with Crippen LogP contribution in [-0.4, -0.2) is 47.0 Å². The number of ether oxygens (including phenoxy) is 1. The zero-order chi connectivity index (χ0) is 12.9. The highest BCUT2D eigenvalue weighted by Gasteiger charge is 2.17. The van der Waals surface area contributed by atoms with Gasteiger partial charge in [0.1, 0.15) is 0 Å². The van der Waals surface area contributed by atoms with Crippen molar-refractivity contribution in [2.75, 3.05) is 26.8 Å². The van der Waals surface area contributed by atoms with Crippen LogP contribution in [0.4, 0.5) is 0 Å². The Labute approximate surface area is 104 Å². The number of nitrogens with zero attached hydrogens (tertiary/aromatic N) is 3. The average Bonchev–Trinajstić information content (AvgIpc) is 2.59. The van der Waals surface area contributed by atoms with Gasteiger partial charge in [-0.25, -0.2) is 0 Å². The van der Waals surface area contributed by atoms with Crippen molar-refractivity contribution in [2.24, 2.45) is 12.8 Å². The Hall–Kier alpha value is -0.910. The van der Waals surface area contributed by atoms with Gasteiger partial charge in [-0.05, 0) is 19.9 Å². The SMILES string of the molecule is COCCN(Cc1ccnn1C)CC(C)(C)N. The first-order valence-electron chi connectivity index (χ1n) is 5.89. The quantitative estimate of drug-likeness (QED) is 0.758. The monoisotopic (exact) mass is 240 g/mol. The van der Waals surface area contributed by atoms with Crippen molar-refractivity contribution in [1.82, 2.24) is 14.7 Å². The molecule has 5 nitrogen and oxygen atoms in total. The minimum Gasteiger partial charge on any atom is -0.383 e. The second-order valence-electron chi connectivity index (χ2n) is 5.14. The zero-order valence-electron chi connectivity index (χ0n) is 11.3. The smallest absolute Gasteiger partial charge is 0.0589 e. The third-order valence-corrected chi connectivity index (χ3v) is 2.55. The highest BCUT2D eigenvalue weighted by Crippen LogP contribution is 2.07. The molecule has 1 aromatic rings. The summed E-state index contributed by atoms with van der Waals surface area (Å²) in [5.74, 6) is 0. The molecule has 0 aliphatic heterocycles. The molecule has 5 heteroatoms. The standard InChI is InChI=1S/C12H24N4O/c1-12(2,13)10-16(7-8-17-4)9-11-5-6-14-15(11)3/h5-6H,7-10,13H2,1-4H3. The normalized spacial score (nSPS) is 12.4. The van der Waals surface area contributed by atoms with E-state index in [0.717, 1.165) is 19.6 Å². The van der Waals surface area contributed by atoms with E-state index in [4.69, 9.17) is 10.5 Å². The number of aromatic nitrogens is 2. The lowest BCUT2D eigenvalue weighted by Gasteiger charge is -2.29. The summed E-state index contributed by atoms with van der Waals surface area (Å²) in [6.07, 6.45) is 1.82.